The van der Waals surface area contributed by atoms with E-state index in [1.54, 1.807) is 18.2 Å². The van der Waals surface area contributed by atoms with Crippen LogP contribution in [0.1, 0.15) is 0 Å². The molecule has 122 valence electrons. The summed E-state index contributed by atoms with van der Waals surface area (Å²) in [6.45, 7) is 0. The standard InChI is InChI=1S/C20H14N2O3/c23-15-8-6-14(7-9-15)22-18-12-16(24)10-11-17(18)21-19(20(22)25)13-4-2-1-3-5-13/h1-12,23-24H. The molecule has 4 aromatic rings. The fourth-order valence-corrected chi connectivity index (χ4v) is 2.81. The number of aromatic nitrogens is 2. The van der Waals surface area contributed by atoms with E-state index in [4.69, 9.17) is 0 Å². The van der Waals surface area contributed by atoms with Crippen LogP contribution in [0.25, 0.3) is 28.0 Å². The fourth-order valence-electron chi connectivity index (χ4n) is 2.81. The summed E-state index contributed by atoms with van der Waals surface area (Å²) in [5, 5.41) is 19.4. The lowest BCUT2D eigenvalue weighted by atomic mass is 10.1. The molecule has 0 spiro atoms. The number of phenols is 2. The quantitative estimate of drug-likeness (QED) is 0.590. The zero-order chi connectivity index (χ0) is 17.4. The summed E-state index contributed by atoms with van der Waals surface area (Å²) in [5.41, 5.74) is 2.41. The summed E-state index contributed by atoms with van der Waals surface area (Å²) in [7, 11) is 0. The first-order valence-electron chi connectivity index (χ1n) is 7.74. The molecule has 5 nitrogen and oxygen atoms in total. The van der Waals surface area contributed by atoms with Gasteiger partial charge >= 0.3 is 0 Å². The Balaban J connectivity index is 2.11. The number of benzene rings is 3. The Morgan fingerprint density at radius 2 is 1.48 bits per heavy atom. The van der Waals surface area contributed by atoms with Gasteiger partial charge in [0.05, 0.1) is 11.0 Å². The minimum atomic E-state index is -0.296. The second-order valence-electron chi connectivity index (χ2n) is 5.66. The molecule has 1 aromatic heterocycles. The highest BCUT2D eigenvalue weighted by Crippen LogP contribution is 2.24. The Hall–Kier alpha value is -3.60. The maximum absolute atomic E-state index is 13.1. The first-order valence-corrected chi connectivity index (χ1v) is 7.74. The molecule has 0 atom stereocenters. The highest BCUT2D eigenvalue weighted by molar-refractivity contribution is 5.81. The zero-order valence-electron chi connectivity index (χ0n) is 13.1. The van der Waals surface area contributed by atoms with Crippen molar-refractivity contribution in [2.75, 3.05) is 0 Å². The van der Waals surface area contributed by atoms with Gasteiger partial charge in [-0.3, -0.25) is 9.36 Å². The van der Waals surface area contributed by atoms with Crippen LogP contribution in [0.4, 0.5) is 0 Å². The Labute approximate surface area is 143 Å². The van der Waals surface area contributed by atoms with Gasteiger partial charge < -0.3 is 10.2 Å². The maximum atomic E-state index is 13.1. The van der Waals surface area contributed by atoms with E-state index in [2.05, 4.69) is 4.98 Å². The van der Waals surface area contributed by atoms with Crippen molar-refractivity contribution in [1.82, 2.24) is 9.55 Å². The molecule has 0 bridgehead atoms. The van der Waals surface area contributed by atoms with Crippen molar-refractivity contribution in [3.63, 3.8) is 0 Å². The van der Waals surface area contributed by atoms with Gasteiger partial charge in [-0.25, -0.2) is 4.98 Å². The highest BCUT2D eigenvalue weighted by atomic mass is 16.3. The second-order valence-corrected chi connectivity index (χ2v) is 5.66. The predicted molar refractivity (Wildman–Crippen MR) is 96.1 cm³/mol. The monoisotopic (exact) mass is 330 g/mol. The van der Waals surface area contributed by atoms with Gasteiger partial charge in [0.1, 0.15) is 17.2 Å². The van der Waals surface area contributed by atoms with Crippen molar-refractivity contribution in [3.05, 3.63) is 83.2 Å². The summed E-state index contributed by atoms with van der Waals surface area (Å²) in [5.74, 6) is 0.162. The average molecular weight is 330 g/mol. The van der Waals surface area contributed by atoms with Crippen LogP contribution in [0.3, 0.4) is 0 Å². The largest absolute Gasteiger partial charge is 0.508 e. The number of aromatic hydroxyl groups is 2. The Bertz CT molecular complexity index is 1120. The number of nitrogens with zero attached hydrogens (tertiary/aromatic N) is 2. The third kappa shape index (κ3) is 2.61. The zero-order valence-corrected chi connectivity index (χ0v) is 13.1. The number of fused-ring (bicyclic) bond motifs is 1. The Morgan fingerprint density at radius 1 is 0.800 bits per heavy atom. The van der Waals surface area contributed by atoms with Crippen molar-refractivity contribution in [1.29, 1.82) is 0 Å². The molecule has 0 radical (unpaired) electrons. The van der Waals surface area contributed by atoms with Crippen molar-refractivity contribution in [2.45, 2.75) is 0 Å². The number of hydrogen-bond donors (Lipinski definition) is 2. The van der Waals surface area contributed by atoms with Gasteiger partial charge in [0.15, 0.2) is 0 Å². The molecule has 0 aliphatic carbocycles. The molecule has 2 N–H and O–H groups in total. The minimum Gasteiger partial charge on any atom is -0.508 e. The van der Waals surface area contributed by atoms with Gasteiger partial charge in [0.2, 0.25) is 0 Å². The lowest BCUT2D eigenvalue weighted by Gasteiger charge is -2.13. The molecule has 0 fully saturated rings. The van der Waals surface area contributed by atoms with Crippen LogP contribution >= 0.6 is 0 Å². The van der Waals surface area contributed by atoms with Crippen LogP contribution in [-0.4, -0.2) is 19.8 Å². The third-order valence-corrected chi connectivity index (χ3v) is 3.99. The molecule has 5 heteroatoms. The summed E-state index contributed by atoms with van der Waals surface area (Å²) < 4.78 is 1.49. The average Bonchev–Trinajstić information content (AvgIpc) is 2.63. The van der Waals surface area contributed by atoms with Crippen LogP contribution in [0, 0.1) is 0 Å². The molecule has 1 heterocycles. The summed E-state index contributed by atoms with van der Waals surface area (Å²) in [6, 6.07) is 20.3. The van der Waals surface area contributed by atoms with Gasteiger partial charge in [0, 0.05) is 17.3 Å². The van der Waals surface area contributed by atoms with Crippen LogP contribution in [0.5, 0.6) is 11.5 Å². The molecule has 4 rings (SSSR count). The van der Waals surface area contributed by atoms with Crippen molar-refractivity contribution >= 4 is 11.0 Å². The normalized spacial score (nSPS) is 10.9. The van der Waals surface area contributed by atoms with Crippen molar-refractivity contribution in [3.8, 4) is 28.4 Å². The number of hydrogen-bond acceptors (Lipinski definition) is 4. The maximum Gasteiger partial charge on any atom is 0.282 e. The number of phenolic OH excluding ortho intramolecular Hbond substituents is 2. The Kier molecular flexibility index (Phi) is 3.47. The van der Waals surface area contributed by atoms with Crippen LogP contribution in [-0.2, 0) is 0 Å². The van der Waals surface area contributed by atoms with E-state index >= 15 is 0 Å². The van der Waals surface area contributed by atoms with E-state index in [0.717, 1.165) is 5.56 Å². The molecule has 25 heavy (non-hydrogen) atoms. The lowest BCUT2D eigenvalue weighted by Crippen LogP contribution is -2.22. The highest BCUT2D eigenvalue weighted by Gasteiger charge is 2.14. The Morgan fingerprint density at radius 3 is 2.20 bits per heavy atom. The molecule has 0 saturated heterocycles. The second kappa shape index (κ2) is 5.79. The summed E-state index contributed by atoms with van der Waals surface area (Å²) in [6.07, 6.45) is 0. The third-order valence-electron chi connectivity index (χ3n) is 3.99. The predicted octanol–water partition coefficient (Wildman–Crippen LogP) is 3.46. The fraction of sp³-hybridized carbons (Fsp3) is 0. The first kappa shape index (κ1) is 15.0. The van der Waals surface area contributed by atoms with Crippen LogP contribution < -0.4 is 5.56 Å². The molecule has 0 amide bonds. The van der Waals surface area contributed by atoms with Gasteiger partial charge in [-0.2, -0.15) is 0 Å². The van der Waals surface area contributed by atoms with E-state index in [-0.39, 0.29) is 17.1 Å². The summed E-state index contributed by atoms with van der Waals surface area (Å²) in [4.78, 5) is 17.6. The summed E-state index contributed by atoms with van der Waals surface area (Å²) >= 11 is 0. The van der Waals surface area contributed by atoms with Gasteiger partial charge in [0.25, 0.3) is 5.56 Å². The van der Waals surface area contributed by atoms with Gasteiger partial charge in [-0.05, 0) is 36.4 Å². The number of rotatable bonds is 2. The van der Waals surface area contributed by atoms with E-state index in [9.17, 15) is 15.0 Å². The lowest BCUT2D eigenvalue weighted by molar-refractivity contribution is 0.474. The smallest absolute Gasteiger partial charge is 0.282 e. The molecule has 0 saturated carbocycles. The van der Waals surface area contributed by atoms with Crippen LogP contribution in [0.15, 0.2) is 77.6 Å². The van der Waals surface area contributed by atoms with Gasteiger partial charge in [-0.1, -0.05) is 30.3 Å². The van der Waals surface area contributed by atoms with Crippen molar-refractivity contribution < 1.29 is 10.2 Å². The SMILES string of the molecule is O=c1c(-c2ccccc2)nc2ccc(O)cc2n1-c1ccc(O)cc1. The molecule has 3 aromatic carbocycles. The minimum absolute atomic E-state index is 0.0497. The molecular weight excluding hydrogens is 316 g/mol. The van der Waals surface area contributed by atoms with Crippen LogP contribution in [0.2, 0.25) is 0 Å². The molecule has 0 aliphatic rings. The topological polar surface area (TPSA) is 75.3 Å². The van der Waals surface area contributed by atoms with E-state index in [1.807, 2.05) is 30.3 Å². The molecular formula is C20H14N2O3. The molecule has 0 aliphatic heterocycles. The van der Waals surface area contributed by atoms with E-state index < -0.39 is 0 Å². The van der Waals surface area contributed by atoms with Crippen molar-refractivity contribution in [2.24, 2.45) is 0 Å². The molecule has 0 unspecified atom stereocenters. The van der Waals surface area contributed by atoms with Gasteiger partial charge in [-0.15, -0.1) is 0 Å². The van der Waals surface area contributed by atoms with E-state index in [1.165, 1.54) is 28.8 Å². The van der Waals surface area contributed by atoms with E-state index in [0.29, 0.717) is 22.4 Å². The first-order chi connectivity index (χ1) is 12.1.